The lowest BCUT2D eigenvalue weighted by molar-refractivity contribution is 0.409. The maximum Gasteiger partial charge on any atom is 0.128 e. The molecule has 1 aromatic rings. The minimum atomic E-state index is 0.534. The van der Waals surface area contributed by atoms with E-state index >= 15 is 0 Å². The van der Waals surface area contributed by atoms with E-state index in [2.05, 4.69) is 15.2 Å². The van der Waals surface area contributed by atoms with Crippen LogP contribution in [0.4, 0.5) is 5.82 Å². The summed E-state index contributed by atoms with van der Waals surface area (Å²) in [6.45, 7) is 2.95. The summed E-state index contributed by atoms with van der Waals surface area (Å²) in [5, 5.41) is 5.39. The molecular formula is C12H15ClN3. The molecule has 0 N–H and O–H groups in total. The molecule has 1 unspecified atom stereocenters. The summed E-state index contributed by atoms with van der Waals surface area (Å²) in [5.41, 5.74) is 0. The number of piperazine rings is 1. The van der Waals surface area contributed by atoms with E-state index in [0.29, 0.717) is 11.1 Å². The first kappa shape index (κ1) is 10.4. The molecule has 2 aliphatic rings. The van der Waals surface area contributed by atoms with Gasteiger partial charge in [0, 0.05) is 31.9 Å². The van der Waals surface area contributed by atoms with Crippen molar-refractivity contribution in [2.45, 2.75) is 18.9 Å². The summed E-state index contributed by atoms with van der Waals surface area (Å²) in [5.74, 6) is 1.88. The Morgan fingerprint density at radius 3 is 2.88 bits per heavy atom. The fraction of sp³-hybridized carbons (Fsp3) is 0.583. The number of hydrogen-bond donors (Lipinski definition) is 0. The van der Waals surface area contributed by atoms with Crippen LogP contribution in [0.15, 0.2) is 18.3 Å². The molecule has 0 spiro atoms. The number of anilines is 1. The van der Waals surface area contributed by atoms with E-state index in [1.807, 2.05) is 12.1 Å². The first-order chi connectivity index (χ1) is 7.83. The van der Waals surface area contributed by atoms with Crippen LogP contribution >= 0.6 is 11.6 Å². The topological polar surface area (TPSA) is 30.2 Å². The van der Waals surface area contributed by atoms with Crippen LogP contribution in [0.5, 0.6) is 0 Å². The van der Waals surface area contributed by atoms with Crippen LogP contribution < -0.4 is 10.2 Å². The van der Waals surface area contributed by atoms with Crippen LogP contribution in [0.3, 0.4) is 0 Å². The highest BCUT2D eigenvalue weighted by molar-refractivity contribution is 6.30. The van der Waals surface area contributed by atoms with Crippen LogP contribution in [-0.2, 0) is 0 Å². The van der Waals surface area contributed by atoms with Gasteiger partial charge in [-0.1, -0.05) is 11.6 Å². The average molecular weight is 237 g/mol. The number of nitrogens with zero attached hydrogens (tertiary/aromatic N) is 3. The Morgan fingerprint density at radius 1 is 1.31 bits per heavy atom. The largest absolute Gasteiger partial charge is 0.354 e. The highest BCUT2D eigenvalue weighted by Crippen LogP contribution is 2.34. The van der Waals surface area contributed by atoms with Gasteiger partial charge in [0.25, 0.3) is 0 Å². The highest BCUT2D eigenvalue weighted by Gasteiger charge is 2.35. The van der Waals surface area contributed by atoms with Crippen molar-refractivity contribution in [1.82, 2.24) is 10.3 Å². The van der Waals surface area contributed by atoms with Crippen molar-refractivity contribution in [3.8, 4) is 0 Å². The zero-order valence-corrected chi connectivity index (χ0v) is 9.90. The number of halogens is 1. The van der Waals surface area contributed by atoms with Crippen molar-refractivity contribution < 1.29 is 0 Å². The van der Waals surface area contributed by atoms with Crippen molar-refractivity contribution in [1.29, 1.82) is 0 Å². The smallest absolute Gasteiger partial charge is 0.128 e. The van der Waals surface area contributed by atoms with Crippen LogP contribution in [0, 0.1) is 5.92 Å². The molecule has 4 heteroatoms. The molecule has 1 aliphatic carbocycles. The normalized spacial score (nSPS) is 25.8. The highest BCUT2D eigenvalue weighted by atomic mass is 35.5. The van der Waals surface area contributed by atoms with E-state index in [9.17, 15) is 0 Å². The third-order valence-corrected chi connectivity index (χ3v) is 3.57. The molecule has 85 valence electrons. The maximum atomic E-state index is 5.84. The summed E-state index contributed by atoms with van der Waals surface area (Å²) in [4.78, 5) is 6.69. The molecule has 2 heterocycles. The Balaban J connectivity index is 1.71. The molecule has 16 heavy (non-hydrogen) atoms. The monoisotopic (exact) mass is 236 g/mol. The quantitative estimate of drug-likeness (QED) is 0.786. The maximum absolute atomic E-state index is 5.84. The van der Waals surface area contributed by atoms with Crippen LogP contribution in [0.25, 0.3) is 0 Å². The van der Waals surface area contributed by atoms with E-state index in [1.165, 1.54) is 12.8 Å². The van der Waals surface area contributed by atoms with Crippen LogP contribution in [0.2, 0.25) is 5.02 Å². The Morgan fingerprint density at radius 2 is 2.19 bits per heavy atom. The van der Waals surface area contributed by atoms with Gasteiger partial charge in [0.2, 0.25) is 0 Å². The van der Waals surface area contributed by atoms with Gasteiger partial charge < -0.3 is 4.90 Å². The molecule has 0 aromatic carbocycles. The van der Waals surface area contributed by atoms with Crippen molar-refractivity contribution in [3.63, 3.8) is 0 Å². The van der Waals surface area contributed by atoms with Crippen LogP contribution in [-0.4, -0.2) is 30.7 Å². The Kier molecular flexibility index (Phi) is 2.74. The standard InChI is InChI=1S/C12H15ClN3/c13-10-3-4-12(15-7-10)16-6-5-14-11(8-16)9-1-2-9/h3-4,7,9,11H,1-2,5-6,8H2. The van der Waals surface area contributed by atoms with E-state index in [0.717, 1.165) is 31.4 Å². The van der Waals surface area contributed by atoms with Gasteiger partial charge in [-0.25, -0.2) is 10.3 Å². The van der Waals surface area contributed by atoms with Gasteiger partial charge in [0.1, 0.15) is 5.82 Å². The fourth-order valence-electron chi connectivity index (χ4n) is 2.26. The van der Waals surface area contributed by atoms with E-state index in [4.69, 9.17) is 11.6 Å². The summed E-state index contributed by atoms with van der Waals surface area (Å²) < 4.78 is 0. The second-order valence-electron chi connectivity index (χ2n) is 4.59. The zero-order chi connectivity index (χ0) is 11.0. The number of hydrogen-bond acceptors (Lipinski definition) is 2. The van der Waals surface area contributed by atoms with Gasteiger partial charge in [-0.2, -0.15) is 0 Å². The van der Waals surface area contributed by atoms with Gasteiger partial charge in [-0.05, 0) is 30.9 Å². The molecule has 1 saturated heterocycles. The number of pyridine rings is 1. The lowest BCUT2D eigenvalue weighted by Crippen LogP contribution is -2.48. The molecule has 3 nitrogen and oxygen atoms in total. The average Bonchev–Trinajstić information content (AvgIpc) is 3.14. The van der Waals surface area contributed by atoms with Crippen LogP contribution in [0.1, 0.15) is 12.8 Å². The van der Waals surface area contributed by atoms with E-state index in [1.54, 1.807) is 6.20 Å². The van der Waals surface area contributed by atoms with Crippen molar-refractivity contribution >= 4 is 17.4 Å². The fourth-order valence-corrected chi connectivity index (χ4v) is 2.37. The second kappa shape index (κ2) is 4.22. The number of rotatable bonds is 2. The van der Waals surface area contributed by atoms with E-state index in [-0.39, 0.29) is 0 Å². The Bertz CT molecular complexity index is 361. The third kappa shape index (κ3) is 2.15. The summed E-state index contributed by atoms with van der Waals surface area (Å²) in [7, 11) is 0. The summed E-state index contributed by atoms with van der Waals surface area (Å²) >= 11 is 5.84. The SMILES string of the molecule is Clc1ccc(N2CC[N]C(C3CC3)C2)nc1. The molecule has 1 atom stereocenters. The molecule has 3 rings (SSSR count). The minimum absolute atomic E-state index is 0.534. The van der Waals surface area contributed by atoms with Crippen molar-refractivity contribution in [2.75, 3.05) is 24.5 Å². The lowest BCUT2D eigenvalue weighted by Gasteiger charge is -2.33. The first-order valence-electron chi connectivity index (χ1n) is 5.86. The number of aromatic nitrogens is 1. The third-order valence-electron chi connectivity index (χ3n) is 3.34. The molecule has 1 radical (unpaired) electrons. The van der Waals surface area contributed by atoms with Gasteiger partial charge in [0.05, 0.1) is 5.02 Å². The van der Waals surface area contributed by atoms with Gasteiger partial charge >= 0.3 is 0 Å². The van der Waals surface area contributed by atoms with Gasteiger partial charge in [-0.3, -0.25) is 0 Å². The summed E-state index contributed by atoms with van der Waals surface area (Å²) in [6, 6.07) is 4.44. The van der Waals surface area contributed by atoms with Crippen molar-refractivity contribution in [3.05, 3.63) is 23.4 Å². The lowest BCUT2D eigenvalue weighted by atomic mass is 10.1. The summed E-state index contributed by atoms with van der Waals surface area (Å²) in [6.07, 6.45) is 4.43. The Hall–Kier alpha value is -0.800. The second-order valence-corrected chi connectivity index (χ2v) is 5.03. The van der Waals surface area contributed by atoms with Crippen molar-refractivity contribution in [2.24, 2.45) is 5.92 Å². The molecule has 1 aromatic heterocycles. The first-order valence-corrected chi connectivity index (χ1v) is 6.24. The molecule has 1 saturated carbocycles. The van der Waals surface area contributed by atoms with E-state index < -0.39 is 0 Å². The zero-order valence-electron chi connectivity index (χ0n) is 9.14. The van der Waals surface area contributed by atoms with Gasteiger partial charge in [-0.15, -0.1) is 0 Å². The predicted molar refractivity (Wildman–Crippen MR) is 65.0 cm³/mol. The molecule has 2 fully saturated rings. The molecule has 0 bridgehead atoms. The minimum Gasteiger partial charge on any atom is -0.354 e. The predicted octanol–water partition coefficient (Wildman–Crippen LogP) is 1.94. The molecular weight excluding hydrogens is 222 g/mol. The molecule has 1 aliphatic heterocycles. The van der Waals surface area contributed by atoms with Gasteiger partial charge in [0.15, 0.2) is 0 Å². The molecule has 0 amide bonds. The Labute approximate surface area is 101 Å².